The van der Waals surface area contributed by atoms with Gasteiger partial charge in [0, 0.05) is 4.91 Å². The molecule has 0 bridgehead atoms. The summed E-state index contributed by atoms with van der Waals surface area (Å²) in [7, 11) is -1.11. The van der Waals surface area contributed by atoms with Crippen LogP contribution < -0.4 is 5.32 Å². The summed E-state index contributed by atoms with van der Waals surface area (Å²) in [6.07, 6.45) is -1.65. The highest BCUT2D eigenvalue weighted by Crippen LogP contribution is 2.37. The Kier molecular flexibility index (Phi) is 8.62. The molecular formula is C16H32N4O5Si. The van der Waals surface area contributed by atoms with E-state index in [0.29, 0.717) is 0 Å². The summed E-state index contributed by atoms with van der Waals surface area (Å²) in [5.41, 5.74) is 7.94. The highest BCUT2D eigenvalue weighted by molar-refractivity contribution is 6.74. The number of nitrogens with zero attached hydrogens (tertiary/aromatic N) is 3. The number of nitrogens with one attached hydrogen (secondary N) is 1. The van der Waals surface area contributed by atoms with E-state index in [1.807, 2.05) is 33.9 Å². The number of rotatable bonds is 7. The standard InChI is InChI=1S/C16H32N4O5Si/c1-15(2,3)24-14(22)19-12(13(21)23-7)11(10-18-20-17)25-26(8,9)16(4,5)6/h11-12H,10H2,1-9H3,(H,19,22)/t11-,12+/m1/s1. The fourth-order valence-electron chi connectivity index (χ4n) is 1.75. The topological polar surface area (TPSA) is 123 Å². The van der Waals surface area contributed by atoms with Gasteiger partial charge in [0.25, 0.3) is 0 Å². The quantitative estimate of drug-likeness (QED) is 0.234. The highest BCUT2D eigenvalue weighted by atomic mass is 28.4. The summed E-state index contributed by atoms with van der Waals surface area (Å²) < 4.78 is 16.2. The average Bonchev–Trinajstić information content (AvgIpc) is 2.45. The summed E-state index contributed by atoms with van der Waals surface area (Å²) in [6, 6.07) is -1.16. The second-order valence-electron chi connectivity index (χ2n) is 8.48. The lowest BCUT2D eigenvalue weighted by molar-refractivity contribution is -0.145. The smallest absolute Gasteiger partial charge is 0.408 e. The molecule has 0 aliphatic rings. The van der Waals surface area contributed by atoms with Gasteiger partial charge in [0.2, 0.25) is 0 Å². The van der Waals surface area contributed by atoms with Crippen LogP contribution in [0, 0.1) is 0 Å². The van der Waals surface area contributed by atoms with Crippen LogP contribution in [0.15, 0.2) is 5.11 Å². The number of carbonyl (C=O) groups is 2. The van der Waals surface area contributed by atoms with Crippen molar-refractivity contribution in [2.24, 2.45) is 5.11 Å². The Labute approximate surface area is 156 Å². The maximum atomic E-state index is 12.3. The van der Waals surface area contributed by atoms with E-state index in [9.17, 15) is 9.59 Å². The number of methoxy groups -OCH3 is 1. The van der Waals surface area contributed by atoms with Crippen molar-refractivity contribution in [1.29, 1.82) is 0 Å². The molecule has 0 spiro atoms. The molecule has 1 N–H and O–H groups in total. The lowest BCUT2D eigenvalue weighted by Crippen LogP contribution is -2.56. The molecule has 150 valence electrons. The van der Waals surface area contributed by atoms with Crippen LogP contribution in [0.1, 0.15) is 41.5 Å². The number of hydrogen-bond donors (Lipinski definition) is 1. The molecule has 1 amide bonds. The molecule has 9 nitrogen and oxygen atoms in total. The molecule has 26 heavy (non-hydrogen) atoms. The first kappa shape index (κ1) is 24.2. The normalized spacial score (nSPS) is 14.7. The number of ether oxygens (including phenoxy) is 2. The van der Waals surface area contributed by atoms with Gasteiger partial charge in [-0.3, -0.25) is 0 Å². The molecule has 0 saturated carbocycles. The molecule has 0 saturated heterocycles. The largest absolute Gasteiger partial charge is 0.467 e. The number of carbonyl (C=O) groups excluding carboxylic acids is 2. The van der Waals surface area contributed by atoms with Crippen LogP contribution in [0.3, 0.4) is 0 Å². The number of hydrogen-bond acceptors (Lipinski definition) is 6. The van der Waals surface area contributed by atoms with E-state index >= 15 is 0 Å². The zero-order valence-electron chi connectivity index (χ0n) is 17.2. The van der Waals surface area contributed by atoms with Crippen molar-refractivity contribution in [3.63, 3.8) is 0 Å². The van der Waals surface area contributed by atoms with E-state index in [-0.39, 0.29) is 11.6 Å². The minimum atomic E-state index is -2.32. The predicted octanol–water partition coefficient (Wildman–Crippen LogP) is 3.75. The lowest BCUT2D eigenvalue weighted by Gasteiger charge is -2.40. The molecule has 2 atom stereocenters. The lowest BCUT2D eigenvalue weighted by atomic mass is 10.1. The van der Waals surface area contributed by atoms with E-state index in [2.05, 4.69) is 15.3 Å². The zero-order chi connectivity index (χ0) is 20.8. The van der Waals surface area contributed by atoms with Crippen LogP contribution in [0.25, 0.3) is 10.4 Å². The Hall–Kier alpha value is -1.77. The Morgan fingerprint density at radius 1 is 1.19 bits per heavy atom. The fourth-order valence-corrected chi connectivity index (χ4v) is 3.07. The number of esters is 1. The summed E-state index contributed by atoms with van der Waals surface area (Å²) in [4.78, 5) is 27.1. The van der Waals surface area contributed by atoms with Gasteiger partial charge in [0.15, 0.2) is 14.4 Å². The maximum Gasteiger partial charge on any atom is 0.408 e. The summed E-state index contributed by atoms with van der Waals surface area (Å²) >= 11 is 0. The van der Waals surface area contributed by atoms with Crippen molar-refractivity contribution in [1.82, 2.24) is 5.32 Å². The minimum absolute atomic E-state index is 0.126. The van der Waals surface area contributed by atoms with E-state index in [0.717, 1.165) is 0 Å². The van der Waals surface area contributed by atoms with Crippen molar-refractivity contribution >= 4 is 20.4 Å². The van der Waals surface area contributed by atoms with Crippen molar-refractivity contribution in [3.05, 3.63) is 10.4 Å². The van der Waals surface area contributed by atoms with Gasteiger partial charge in [-0.1, -0.05) is 25.9 Å². The van der Waals surface area contributed by atoms with Gasteiger partial charge in [0.05, 0.1) is 19.8 Å². The first-order valence-corrected chi connectivity index (χ1v) is 11.3. The molecular weight excluding hydrogens is 356 g/mol. The fraction of sp³-hybridized carbons (Fsp3) is 0.875. The van der Waals surface area contributed by atoms with Gasteiger partial charge in [-0.05, 0) is 44.4 Å². The molecule has 0 fully saturated rings. The van der Waals surface area contributed by atoms with Crippen LogP contribution in [0.2, 0.25) is 18.1 Å². The molecule has 0 aliphatic carbocycles. The molecule has 0 aromatic rings. The minimum Gasteiger partial charge on any atom is -0.467 e. The van der Waals surface area contributed by atoms with Crippen LogP contribution in [0.5, 0.6) is 0 Å². The molecule has 0 aromatic heterocycles. The third-order valence-corrected chi connectivity index (χ3v) is 8.58. The number of amides is 1. The van der Waals surface area contributed by atoms with Crippen LogP contribution in [-0.4, -0.2) is 51.8 Å². The second kappa shape index (κ2) is 9.25. The Bertz CT molecular complexity index is 548. The van der Waals surface area contributed by atoms with Crippen molar-refractivity contribution in [2.75, 3.05) is 13.7 Å². The molecule has 10 heteroatoms. The van der Waals surface area contributed by atoms with Gasteiger partial charge in [-0.25, -0.2) is 9.59 Å². The number of azide groups is 1. The van der Waals surface area contributed by atoms with Gasteiger partial charge >= 0.3 is 12.1 Å². The van der Waals surface area contributed by atoms with Gasteiger partial charge < -0.3 is 19.2 Å². The second-order valence-corrected chi connectivity index (χ2v) is 13.2. The molecule has 0 aromatic carbocycles. The van der Waals surface area contributed by atoms with Gasteiger partial charge in [0.1, 0.15) is 5.60 Å². The summed E-state index contributed by atoms with van der Waals surface area (Å²) in [5.74, 6) is -0.701. The van der Waals surface area contributed by atoms with Crippen molar-refractivity contribution in [3.8, 4) is 0 Å². The van der Waals surface area contributed by atoms with E-state index < -0.39 is 38.1 Å². The van der Waals surface area contributed by atoms with E-state index in [1.54, 1.807) is 20.8 Å². The van der Waals surface area contributed by atoms with E-state index in [4.69, 9.17) is 19.4 Å². The SMILES string of the molecule is COC(=O)[C@@H](NC(=O)OC(C)(C)C)[C@@H](CN=[N+]=[N-])O[Si](C)(C)C(C)(C)C. The average molecular weight is 389 g/mol. The third kappa shape index (κ3) is 8.07. The first-order valence-electron chi connectivity index (χ1n) is 8.40. The zero-order valence-corrected chi connectivity index (χ0v) is 18.2. The van der Waals surface area contributed by atoms with Crippen molar-refractivity contribution in [2.45, 2.75) is 77.4 Å². The van der Waals surface area contributed by atoms with Gasteiger partial charge in [-0.2, -0.15) is 0 Å². The number of alkyl carbamates (subject to hydrolysis) is 1. The molecule has 0 unspecified atom stereocenters. The van der Waals surface area contributed by atoms with Crippen LogP contribution in [0.4, 0.5) is 4.79 Å². The molecule has 0 heterocycles. The summed E-state index contributed by atoms with van der Waals surface area (Å²) in [5, 5.41) is 5.88. The van der Waals surface area contributed by atoms with Crippen LogP contribution in [-0.2, 0) is 18.7 Å². The first-order chi connectivity index (χ1) is 11.6. The van der Waals surface area contributed by atoms with Gasteiger partial charge in [-0.15, -0.1) is 0 Å². The monoisotopic (exact) mass is 388 g/mol. The Balaban J connectivity index is 5.65. The Morgan fingerprint density at radius 3 is 2.12 bits per heavy atom. The maximum absolute atomic E-state index is 12.3. The van der Waals surface area contributed by atoms with Crippen molar-refractivity contribution < 1.29 is 23.5 Å². The van der Waals surface area contributed by atoms with Crippen LogP contribution >= 0.6 is 0 Å². The third-order valence-electron chi connectivity index (χ3n) is 4.08. The molecule has 0 aliphatic heterocycles. The molecule has 0 rings (SSSR count). The molecule has 0 radical (unpaired) electrons. The summed E-state index contributed by atoms with van der Waals surface area (Å²) in [6.45, 7) is 15.1. The Morgan fingerprint density at radius 2 is 1.73 bits per heavy atom. The predicted molar refractivity (Wildman–Crippen MR) is 101 cm³/mol. The highest BCUT2D eigenvalue weighted by Gasteiger charge is 2.43. The van der Waals surface area contributed by atoms with E-state index in [1.165, 1.54) is 7.11 Å².